The molecule has 0 amide bonds. The van der Waals surface area contributed by atoms with Crippen molar-refractivity contribution >= 4 is 6.08 Å². The molecule has 0 aliphatic heterocycles. The maximum Gasteiger partial charge on any atom is 0.126 e. The van der Waals surface area contributed by atoms with Crippen molar-refractivity contribution in [1.82, 2.24) is 0 Å². The van der Waals surface area contributed by atoms with Crippen LogP contribution in [0.5, 0.6) is 11.5 Å². The Bertz CT molecular complexity index is 888. The summed E-state index contributed by atoms with van der Waals surface area (Å²) in [4.78, 5) is 0. The van der Waals surface area contributed by atoms with Crippen LogP contribution in [-0.2, 0) is 0 Å². The monoisotopic (exact) mass is 455 g/mol. The van der Waals surface area contributed by atoms with Crippen molar-refractivity contribution in [2.75, 3.05) is 6.54 Å². The molecule has 0 spiro atoms. The van der Waals surface area contributed by atoms with E-state index in [4.69, 9.17) is 5.73 Å². The van der Waals surface area contributed by atoms with Crippen LogP contribution in [-0.4, -0.2) is 27.5 Å². The van der Waals surface area contributed by atoms with Gasteiger partial charge in [-0.15, -0.1) is 0 Å². The van der Waals surface area contributed by atoms with Gasteiger partial charge in [-0.05, 0) is 98.1 Å². The van der Waals surface area contributed by atoms with Crippen molar-refractivity contribution in [3.63, 3.8) is 0 Å². The number of aliphatic hydroxyl groups is 1. The van der Waals surface area contributed by atoms with Crippen LogP contribution in [0.2, 0.25) is 0 Å². The van der Waals surface area contributed by atoms with E-state index < -0.39 is 5.60 Å². The highest BCUT2D eigenvalue weighted by atomic mass is 16.3. The van der Waals surface area contributed by atoms with Gasteiger partial charge in [0.15, 0.2) is 0 Å². The van der Waals surface area contributed by atoms with E-state index in [1.807, 2.05) is 0 Å². The van der Waals surface area contributed by atoms with E-state index in [2.05, 4.69) is 39.0 Å². The number of phenolic OH excluding ortho intramolecular Hbond substituents is 2. The quantitative estimate of drug-likeness (QED) is 0.203. The highest BCUT2D eigenvalue weighted by molar-refractivity contribution is 5.69. The minimum Gasteiger partial charge on any atom is -0.507 e. The third kappa shape index (κ3) is 9.61. The molecule has 0 radical (unpaired) electrons. The molecule has 0 aromatic heterocycles. The number of nitrogens with two attached hydrogens (primary N) is 1. The lowest BCUT2D eigenvalue weighted by molar-refractivity contribution is 0.104. The fraction of sp³-hybridized carbons (Fsp3) is 0.517. The summed E-state index contributed by atoms with van der Waals surface area (Å²) < 4.78 is 0. The van der Waals surface area contributed by atoms with Gasteiger partial charge in [-0.2, -0.15) is 0 Å². The van der Waals surface area contributed by atoms with E-state index in [0.29, 0.717) is 35.2 Å². The van der Waals surface area contributed by atoms with Crippen molar-refractivity contribution in [2.24, 2.45) is 5.73 Å². The molecule has 0 saturated carbocycles. The van der Waals surface area contributed by atoms with Crippen LogP contribution in [0.25, 0.3) is 6.08 Å². The number of hydrogen-bond acceptors (Lipinski definition) is 4. The average Bonchev–Trinajstić information content (AvgIpc) is 2.76. The zero-order valence-electron chi connectivity index (χ0n) is 21.8. The Morgan fingerprint density at radius 3 is 1.82 bits per heavy atom. The Kier molecular flexibility index (Phi) is 11.7. The lowest BCUT2D eigenvalue weighted by Crippen LogP contribution is -2.20. The number of allylic oxidation sites excluding steroid dienone is 5. The van der Waals surface area contributed by atoms with Gasteiger partial charge in [0.25, 0.3) is 0 Å². The van der Waals surface area contributed by atoms with Crippen molar-refractivity contribution in [1.29, 1.82) is 0 Å². The molecule has 5 N–H and O–H groups in total. The Balaban J connectivity index is 2.61. The second-order valence-electron chi connectivity index (χ2n) is 9.65. The van der Waals surface area contributed by atoms with Gasteiger partial charge in [-0.1, -0.05) is 47.1 Å². The van der Waals surface area contributed by atoms with E-state index in [0.717, 1.165) is 32.1 Å². The number of benzene rings is 1. The van der Waals surface area contributed by atoms with E-state index in [1.54, 1.807) is 39.8 Å². The van der Waals surface area contributed by atoms with Gasteiger partial charge in [-0.25, -0.2) is 0 Å². The summed E-state index contributed by atoms with van der Waals surface area (Å²) in [7, 11) is 0. The summed E-state index contributed by atoms with van der Waals surface area (Å²) in [6.07, 6.45) is 15.7. The van der Waals surface area contributed by atoms with Gasteiger partial charge < -0.3 is 21.1 Å². The third-order valence-corrected chi connectivity index (χ3v) is 6.42. The molecule has 4 nitrogen and oxygen atoms in total. The maximum atomic E-state index is 10.8. The summed E-state index contributed by atoms with van der Waals surface area (Å²) in [5.41, 5.74) is 11.1. The second kappa shape index (κ2) is 13.4. The standard InChI is InChI=1S/C29H45NO3/c1-20(13-9-14-22(3)19-30)11-8-12-21(2)15-10-17-29(7,33)18-16-26-25(6)27(31)23(4)24(5)28(26)32/h11,14-16,18,31-33H,8-10,12-13,17,19,30H2,1-7H3. The predicted octanol–water partition coefficient (Wildman–Crippen LogP) is 6.93. The van der Waals surface area contributed by atoms with Crippen LogP contribution in [0.3, 0.4) is 0 Å². The molecule has 1 aromatic carbocycles. The van der Waals surface area contributed by atoms with Crippen molar-refractivity contribution in [2.45, 2.75) is 92.6 Å². The van der Waals surface area contributed by atoms with Crippen LogP contribution >= 0.6 is 0 Å². The highest BCUT2D eigenvalue weighted by Crippen LogP contribution is 2.37. The Hall–Kier alpha value is -2.30. The first kappa shape index (κ1) is 28.7. The summed E-state index contributed by atoms with van der Waals surface area (Å²) >= 11 is 0. The van der Waals surface area contributed by atoms with Crippen molar-refractivity contribution < 1.29 is 15.3 Å². The number of hydrogen-bond donors (Lipinski definition) is 4. The lowest BCUT2D eigenvalue weighted by Gasteiger charge is -2.19. The Morgan fingerprint density at radius 2 is 1.27 bits per heavy atom. The summed E-state index contributed by atoms with van der Waals surface area (Å²) in [5.74, 6) is 0.342. The first-order valence-electron chi connectivity index (χ1n) is 12.0. The first-order valence-corrected chi connectivity index (χ1v) is 12.0. The molecule has 0 saturated heterocycles. The number of rotatable bonds is 12. The van der Waals surface area contributed by atoms with Crippen LogP contribution < -0.4 is 5.73 Å². The molecule has 0 heterocycles. The van der Waals surface area contributed by atoms with Gasteiger partial charge in [0.05, 0.1) is 5.60 Å². The zero-order chi connectivity index (χ0) is 25.2. The normalized spacial score (nSPS) is 15.4. The van der Waals surface area contributed by atoms with Gasteiger partial charge in [0.2, 0.25) is 0 Å². The van der Waals surface area contributed by atoms with Crippen molar-refractivity contribution in [3.8, 4) is 11.5 Å². The SMILES string of the molecule is CC(=CCCC(C)=CCCC(C)=CCCC(C)(O)C=Cc1c(C)c(O)c(C)c(C)c1O)CN. The molecule has 4 heteroatoms. The fourth-order valence-electron chi connectivity index (χ4n) is 3.68. The second-order valence-corrected chi connectivity index (χ2v) is 9.65. The third-order valence-electron chi connectivity index (χ3n) is 6.42. The van der Waals surface area contributed by atoms with E-state index in [9.17, 15) is 15.3 Å². The molecular weight excluding hydrogens is 410 g/mol. The smallest absolute Gasteiger partial charge is 0.126 e. The minimum absolute atomic E-state index is 0.152. The lowest BCUT2D eigenvalue weighted by atomic mass is 9.93. The molecule has 1 aromatic rings. The van der Waals surface area contributed by atoms with Gasteiger partial charge >= 0.3 is 0 Å². The topological polar surface area (TPSA) is 86.7 Å². The molecule has 0 aliphatic rings. The van der Waals surface area contributed by atoms with E-state index in [1.165, 1.54) is 16.7 Å². The highest BCUT2D eigenvalue weighted by Gasteiger charge is 2.18. The predicted molar refractivity (Wildman–Crippen MR) is 142 cm³/mol. The summed E-state index contributed by atoms with van der Waals surface area (Å²) in [6, 6.07) is 0. The molecule has 0 fully saturated rings. The summed E-state index contributed by atoms with van der Waals surface area (Å²) in [6.45, 7) is 14.1. The van der Waals surface area contributed by atoms with Gasteiger partial charge in [-0.3, -0.25) is 0 Å². The first-order chi connectivity index (χ1) is 15.4. The molecule has 1 unspecified atom stereocenters. The molecule has 0 aliphatic carbocycles. The van der Waals surface area contributed by atoms with Crippen LogP contribution in [0.4, 0.5) is 0 Å². The van der Waals surface area contributed by atoms with Crippen LogP contribution in [0.15, 0.2) is 41.0 Å². The molecule has 1 atom stereocenters. The Labute approximate surface area is 201 Å². The van der Waals surface area contributed by atoms with Crippen LogP contribution in [0.1, 0.15) is 88.5 Å². The molecule has 1 rings (SSSR count). The fourth-order valence-corrected chi connectivity index (χ4v) is 3.68. The van der Waals surface area contributed by atoms with E-state index in [-0.39, 0.29) is 11.5 Å². The largest absolute Gasteiger partial charge is 0.507 e. The average molecular weight is 456 g/mol. The van der Waals surface area contributed by atoms with E-state index >= 15 is 0 Å². The summed E-state index contributed by atoms with van der Waals surface area (Å²) in [5, 5.41) is 31.5. The Morgan fingerprint density at radius 1 is 0.788 bits per heavy atom. The number of aromatic hydroxyl groups is 2. The van der Waals surface area contributed by atoms with Crippen LogP contribution in [0, 0.1) is 20.8 Å². The number of phenols is 2. The molecular formula is C29H45NO3. The zero-order valence-corrected chi connectivity index (χ0v) is 21.8. The van der Waals surface area contributed by atoms with Gasteiger partial charge in [0, 0.05) is 17.7 Å². The maximum absolute atomic E-state index is 10.8. The van der Waals surface area contributed by atoms with Gasteiger partial charge in [0.1, 0.15) is 11.5 Å². The molecule has 184 valence electrons. The molecule has 0 bridgehead atoms. The van der Waals surface area contributed by atoms with Crippen molar-refractivity contribution in [3.05, 3.63) is 63.3 Å². The molecule has 33 heavy (non-hydrogen) atoms. The minimum atomic E-state index is -1.00.